The van der Waals surface area contributed by atoms with E-state index in [1.807, 2.05) is 0 Å². The lowest BCUT2D eigenvalue weighted by Gasteiger charge is -2.45. The number of rotatable bonds is 5. The molecule has 0 aromatic heterocycles. The van der Waals surface area contributed by atoms with Crippen LogP contribution < -0.4 is 4.90 Å². The Morgan fingerprint density at radius 2 is 0.811 bits per heavy atom. The number of hydrogen-bond acceptors (Lipinski definition) is 1. The maximum atomic E-state index is 2.56. The van der Waals surface area contributed by atoms with Crippen LogP contribution in [0.2, 0.25) is 0 Å². The molecule has 0 unspecified atom stereocenters. The van der Waals surface area contributed by atoms with Crippen molar-refractivity contribution in [3.8, 4) is 22.3 Å². The highest BCUT2D eigenvalue weighted by atomic mass is 15.1. The van der Waals surface area contributed by atoms with Crippen molar-refractivity contribution in [2.75, 3.05) is 4.90 Å². The fourth-order valence-corrected chi connectivity index (χ4v) is 9.40. The summed E-state index contributed by atoms with van der Waals surface area (Å²) < 4.78 is 0. The zero-order chi connectivity index (χ0) is 34.9. The van der Waals surface area contributed by atoms with Gasteiger partial charge in [-0.05, 0) is 96.1 Å². The second-order valence-electron chi connectivity index (χ2n) is 14.4. The topological polar surface area (TPSA) is 3.24 Å². The zero-order valence-corrected chi connectivity index (χ0v) is 29.2. The zero-order valence-electron chi connectivity index (χ0n) is 29.2. The normalized spacial score (nSPS) is 15.2. The molecule has 0 aliphatic heterocycles. The number of fused-ring (bicyclic) bond motifs is 3. The quantitative estimate of drug-likeness (QED) is 0.164. The van der Waals surface area contributed by atoms with Gasteiger partial charge in [-0.25, -0.2) is 0 Å². The molecule has 0 saturated heterocycles. The second-order valence-corrected chi connectivity index (χ2v) is 14.4. The van der Waals surface area contributed by atoms with Gasteiger partial charge in [0, 0.05) is 22.9 Å². The van der Waals surface area contributed by atoms with E-state index < -0.39 is 0 Å². The summed E-state index contributed by atoms with van der Waals surface area (Å²) in [6.45, 7) is 0. The van der Waals surface area contributed by atoms with Gasteiger partial charge < -0.3 is 4.90 Å². The first-order chi connectivity index (χ1) is 26.3. The molecule has 3 aliphatic rings. The summed E-state index contributed by atoms with van der Waals surface area (Å²) in [7, 11) is 0. The van der Waals surface area contributed by atoms with Gasteiger partial charge in [0.15, 0.2) is 0 Å². The highest BCUT2D eigenvalue weighted by Crippen LogP contribution is 2.61. The van der Waals surface area contributed by atoms with Gasteiger partial charge in [-0.1, -0.05) is 176 Å². The maximum Gasteiger partial charge on any atom is 0.0546 e. The molecule has 2 bridgehead atoms. The van der Waals surface area contributed by atoms with Gasteiger partial charge in [-0.3, -0.25) is 0 Å². The van der Waals surface area contributed by atoms with Crippen LogP contribution in [0.4, 0.5) is 17.1 Å². The van der Waals surface area contributed by atoms with Gasteiger partial charge in [0.05, 0.1) is 11.4 Å². The summed E-state index contributed by atoms with van der Waals surface area (Å²) in [5.41, 5.74) is 17.1. The Bertz CT molecular complexity index is 2790. The van der Waals surface area contributed by atoms with Crippen LogP contribution in [0.5, 0.6) is 0 Å². The summed E-state index contributed by atoms with van der Waals surface area (Å²) >= 11 is 0. The molecule has 0 saturated carbocycles. The number of anilines is 3. The molecule has 3 aliphatic carbocycles. The van der Waals surface area contributed by atoms with Gasteiger partial charge >= 0.3 is 0 Å². The largest absolute Gasteiger partial charge is 0.310 e. The van der Waals surface area contributed by atoms with Crippen LogP contribution in [-0.4, -0.2) is 0 Å². The third kappa shape index (κ3) is 4.57. The third-order valence-electron chi connectivity index (χ3n) is 11.6. The minimum absolute atomic E-state index is 0.0962. The molecule has 248 valence electrons. The van der Waals surface area contributed by atoms with E-state index in [-0.39, 0.29) is 11.8 Å². The van der Waals surface area contributed by atoms with E-state index in [1.165, 1.54) is 88.6 Å². The Labute approximate surface area is 310 Å². The fourth-order valence-electron chi connectivity index (χ4n) is 9.40. The van der Waals surface area contributed by atoms with Crippen molar-refractivity contribution in [2.24, 2.45) is 0 Å². The molecule has 53 heavy (non-hydrogen) atoms. The summed E-state index contributed by atoms with van der Waals surface area (Å²) in [4.78, 5) is 2.56. The van der Waals surface area contributed by atoms with Crippen LogP contribution in [0.25, 0.3) is 43.8 Å². The molecule has 0 heterocycles. The van der Waals surface area contributed by atoms with E-state index in [2.05, 4.69) is 205 Å². The van der Waals surface area contributed by atoms with Crippen molar-refractivity contribution in [3.05, 3.63) is 234 Å². The predicted octanol–water partition coefficient (Wildman–Crippen LogP) is 13.8. The summed E-state index contributed by atoms with van der Waals surface area (Å²) in [5, 5.41) is 5.01. The van der Waals surface area contributed by atoms with Gasteiger partial charge in [0.1, 0.15) is 0 Å². The standard InChI is InChI=1S/C52H35N/c1-3-15-34(16-4-1)35-27-29-38(30-28-35)53(48-33-37-19-7-8-20-39(37)41-21-9-10-22-42(41)48)47-32-31-40(36-17-5-2-6-18-36)51-49-43-23-11-13-25-45(43)50(52(47)51)46-26-14-12-24-44(46)49/h1-33,49-50H. The molecule has 1 nitrogen and oxygen atoms in total. The lowest BCUT2D eigenvalue weighted by Crippen LogP contribution is -2.30. The fraction of sp³-hybridized carbons (Fsp3) is 0.0385. The van der Waals surface area contributed by atoms with Gasteiger partial charge in [-0.2, -0.15) is 0 Å². The SMILES string of the molecule is c1ccc(-c2ccc(N(c3ccc(-c4ccccc4)c4c3C3c5ccccc5C4c4ccccc43)c3cc4ccccc4c4ccccc34)cc2)cc1. The molecule has 1 heteroatoms. The highest BCUT2D eigenvalue weighted by Gasteiger charge is 2.44. The van der Waals surface area contributed by atoms with Crippen molar-refractivity contribution in [1.29, 1.82) is 0 Å². The Hall–Kier alpha value is -6.70. The molecule has 0 N–H and O–H groups in total. The van der Waals surface area contributed by atoms with Crippen LogP contribution in [0.15, 0.2) is 200 Å². The first-order valence-corrected chi connectivity index (χ1v) is 18.6. The van der Waals surface area contributed by atoms with Crippen LogP contribution in [0.3, 0.4) is 0 Å². The lowest BCUT2D eigenvalue weighted by atomic mass is 9.59. The summed E-state index contributed by atoms with van der Waals surface area (Å²) in [5.74, 6) is 0.229. The Morgan fingerprint density at radius 3 is 1.45 bits per heavy atom. The van der Waals surface area contributed by atoms with Crippen LogP contribution in [0, 0.1) is 0 Å². The summed E-state index contributed by atoms with van der Waals surface area (Å²) in [6, 6.07) is 74.2. The molecule has 9 aromatic carbocycles. The number of benzene rings is 9. The molecule has 12 rings (SSSR count). The summed E-state index contributed by atoms with van der Waals surface area (Å²) in [6.07, 6.45) is 0. The van der Waals surface area contributed by atoms with Crippen molar-refractivity contribution in [1.82, 2.24) is 0 Å². The molecule has 0 amide bonds. The molecular formula is C52H35N. The predicted molar refractivity (Wildman–Crippen MR) is 222 cm³/mol. The van der Waals surface area contributed by atoms with Crippen molar-refractivity contribution in [2.45, 2.75) is 11.8 Å². The molecule has 9 aromatic rings. The Morgan fingerprint density at radius 1 is 0.321 bits per heavy atom. The molecule has 0 spiro atoms. The van der Waals surface area contributed by atoms with Crippen molar-refractivity contribution < 1.29 is 0 Å². The number of hydrogen-bond donors (Lipinski definition) is 0. The van der Waals surface area contributed by atoms with E-state index in [0.717, 1.165) is 5.69 Å². The smallest absolute Gasteiger partial charge is 0.0546 e. The van der Waals surface area contributed by atoms with Crippen LogP contribution >= 0.6 is 0 Å². The second kappa shape index (κ2) is 11.9. The van der Waals surface area contributed by atoms with E-state index in [1.54, 1.807) is 0 Å². The Balaban J connectivity index is 1.25. The number of nitrogens with zero attached hydrogens (tertiary/aromatic N) is 1. The monoisotopic (exact) mass is 673 g/mol. The average Bonchev–Trinajstić information content (AvgIpc) is 3.24. The van der Waals surface area contributed by atoms with E-state index in [9.17, 15) is 0 Å². The van der Waals surface area contributed by atoms with Gasteiger partial charge in [-0.15, -0.1) is 0 Å². The van der Waals surface area contributed by atoms with Gasteiger partial charge in [0.2, 0.25) is 0 Å². The van der Waals surface area contributed by atoms with Gasteiger partial charge in [0.25, 0.3) is 0 Å². The first-order valence-electron chi connectivity index (χ1n) is 18.6. The maximum absolute atomic E-state index is 2.56. The third-order valence-corrected chi connectivity index (χ3v) is 11.6. The minimum atomic E-state index is 0.0962. The average molecular weight is 674 g/mol. The van der Waals surface area contributed by atoms with Crippen LogP contribution in [-0.2, 0) is 0 Å². The molecule has 0 fully saturated rings. The molecule has 0 radical (unpaired) electrons. The minimum Gasteiger partial charge on any atom is -0.310 e. The van der Waals surface area contributed by atoms with E-state index in [0.29, 0.717) is 0 Å². The highest BCUT2D eigenvalue weighted by molar-refractivity contribution is 6.14. The first kappa shape index (κ1) is 30.0. The molecule has 0 atom stereocenters. The molecular weight excluding hydrogens is 639 g/mol. The Kier molecular flexibility index (Phi) is 6.75. The van der Waals surface area contributed by atoms with Crippen molar-refractivity contribution in [3.63, 3.8) is 0 Å². The van der Waals surface area contributed by atoms with E-state index in [4.69, 9.17) is 0 Å². The van der Waals surface area contributed by atoms with E-state index >= 15 is 0 Å². The lowest BCUT2D eigenvalue weighted by molar-refractivity contribution is 0.756. The van der Waals surface area contributed by atoms with Crippen molar-refractivity contribution >= 4 is 38.6 Å². The van der Waals surface area contributed by atoms with Crippen LogP contribution in [0.1, 0.15) is 45.2 Å².